The fraction of sp³-hybridized carbons (Fsp3) is 0.421. The zero-order valence-corrected chi connectivity index (χ0v) is 20.7. The third-order valence-electron chi connectivity index (χ3n) is 3.94. The highest BCUT2D eigenvalue weighted by Crippen LogP contribution is 2.18. The Morgan fingerprint density at radius 1 is 1.31 bits per heavy atom. The first-order valence-corrected chi connectivity index (χ1v) is 11.5. The molecule has 162 valence electrons. The van der Waals surface area contributed by atoms with E-state index >= 15 is 0 Å². The van der Waals surface area contributed by atoms with Crippen LogP contribution in [-0.2, 0) is 16.4 Å². The minimum Gasteiger partial charge on any atom is -0.497 e. The molecule has 0 bridgehead atoms. The Bertz CT molecular complexity index is 856. The molecule has 0 aliphatic heterocycles. The van der Waals surface area contributed by atoms with Crippen LogP contribution in [0.5, 0.6) is 5.75 Å². The molecular formula is C19H28IN3O4S2. The van der Waals surface area contributed by atoms with Gasteiger partial charge in [-0.3, -0.25) is 4.99 Å². The fourth-order valence-electron chi connectivity index (χ4n) is 2.57. The molecule has 2 rings (SSSR count). The fourth-order valence-corrected chi connectivity index (χ4v) is 5.04. The second-order valence-electron chi connectivity index (χ2n) is 6.27. The van der Waals surface area contributed by atoms with E-state index in [1.165, 1.54) is 0 Å². The highest BCUT2D eigenvalue weighted by molar-refractivity contribution is 14.0. The maximum atomic E-state index is 12.3. The number of hydrogen-bond donors (Lipinski definition) is 2. The molecule has 10 heteroatoms. The molecule has 1 aromatic heterocycles. The van der Waals surface area contributed by atoms with Crippen molar-refractivity contribution in [1.29, 1.82) is 0 Å². The number of sulfone groups is 1. The zero-order chi connectivity index (χ0) is 20.6. The predicted molar refractivity (Wildman–Crippen MR) is 128 cm³/mol. The number of ether oxygens (including phenoxy) is 1. The Morgan fingerprint density at radius 2 is 2.00 bits per heavy atom. The molecule has 0 radical (unpaired) electrons. The van der Waals surface area contributed by atoms with Crippen LogP contribution in [0.3, 0.4) is 0 Å². The topological polar surface area (TPSA) is 91.2 Å². The number of aliphatic hydroxyl groups excluding tert-OH is 1. The van der Waals surface area contributed by atoms with Gasteiger partial charge in [0.15, 0.2) is 15.8 Å². The Hall–Kier alpha value is -1.37. The van der Waals surface area contributed by atoms with Crippen LogP contribution in [0.15, 0.2) is 51.0 Å². The van der Waals surface area contributed by atoms with Crippen molar-refractivity contribution in [3.8, 4) is 5.75 Å². The number of rotatable bonds is 9. The summed E-state index contributed by atoms with van der Waals surface area (Å²) in [4.78, 5) is 6.33. The van der Waals surface area contributed by atoms with Crippen LogP contribution >= 0.6 is 35.3 Å². The summed E-state index contributed by atoms with van der Waals surface area (Å²) in [6, 6.07) is 11.0. The van der Waals surface area contributed by atoms with Gasteiger partial charge in [0, 0.05) is 20.1 Å². The molecule has 1 heterocycles. The molecule has 1 unspecified atom stereocenters. The maximum absolute atomic E-state index is 12.3. The van der Waals surface area contributed by atoms with Gasteiger partial charge in [0.2, 0.25) is 0 Å². The molecule has 2 N–H and O–H groups in total. The molecule has 0 aliphatic rings. The second-order valence-corrected chi connectivity index (χ2v) is 9.47. The number of thiophene rings is 1. The lowest BCUT2D eigenvalue weighted by molar-refractivity contribution is 0.205. The van der Waals surface area contributed by atoms with Crippen molar-refractivity contribution < 1.29 is 18.3 Å². The third kappa shape index (κ3) is 8.11. The van der Waals surface area contributed by atoms with E-state index in [4.69, 9.17) is 4.74 Å². The van der Waals surface area contributed by atoms with Crippen molar-refractivity contribution in [2.75, 3.05) is 33.0 Å². The van der Waals surface area contributed by atoms with E-state index < -0.39 is 15.9 Å². The highest BCUT2D eigenvalue weighted by atomic mass is 127. The average molecular weight is 553 g/mol. The van der Waals surface area contributed by atoms with Gasteiger partial charge in [-0.1, -0.05) is 18.2 Å². The SMILES string of the molecule is CCNC(=NCC(O)CS(=O)(=O)c1cccs1)N(C)Cc1ccc(OC)cc1.I. The number of nitrogens with zero attached hydrogens (tertiary/aromatic N) is 2. The second kappa shape index (κ2) is 12.4. The average Bonchev–Trinajstić information content (AvgIpc) is 3.21. The Morgan fingerprint density at radius 3 is 2.55 bits per heavy atom. The van der Waals surface area contributed by atoms with E-state index in [2.05, 4.69) is 10.3 Å². The quantitative estimate of drug-likeness (QED) is 0.282. The van der Waals surface area contributed by atoms with Crippen LogP contribution in [0.25, 0.3) is 0 Å². The van der Waals surface area contributed by atoms with Gasteiger partial charge in [-0.2, -0.15) is 0 Å². The molecule has 0 aliphatic carbocycles. The first-order chi connectivity index (χ1) is 13.4. The van der Waals surface area contributed by atoms with Crippen LogP contribution in [-0.4, -0.2) is 63.5 Å². The van der Waals surface area contributed by atoms with Gasteiger partial charge in [-0.05, 0) is 36.1 Å². The van der Waals surface area contributed by atoms with Crippen LogP contribution in [0, 0.1) is 0 Å². The number of halogens is 1. The molecule has 0 saturated carbocycles. The summed E-state index contributed by atoms with van der Waals surface area (Å²) in [5.74, 6) is 1.05. The van der Waals surface area contributed by atoms with Crippen molar-refractivity contribution in [3.05, 3.63) is 47.3 Å². The molecule has 0 spiro atoms. The third-order valence-corrected chi connectivity index (χ3v) is 7.23. The predicted octanol–water partition coefficient (Wildman–Crippen LogP) is 2.61. The van der Waals surface area contributed by atoms with Crippen LogP contribution in [0.2, 0.25) is 0 Å². The molecule has 29 heavy (non-hydrogen) atoms. The summed E-state index contributed by atoms with van der Waals surface area (Å²) in [7, 11) is 0.0170. The highest BCUT2D eigenvalue weighted by Gasteiger charge is 2.21. The Kier molecular flexibility index (Phi) is 10.9. The summed E-state index contributed by atoms with van der Waals surface area (Å²) in [6.07, 6.45) is -1.07. The summed E-state index contributed by atoms with van der Waals surface area (Å²) in [6.45, 7) is 3.23. The molecule has 1 atom stereocenters. The van der Waals surface area contributed by atoms with Crippen LogP contribution in [0.4, 0.5) is 0 Å². The molecule has 0 fully saturated rings. The van der Waals surface area contributed by atoms with Gasteiger partial charge >= 0.3 is 0 Å². The van der Waals surface area contributed by atoms with E-state index in [9.17, 15) is 13.5 Å². The van der Waals surface area contributed by atoms with Crippen molar-refractivity contribution in [3.63, 3.8) is 0 Å². The van der Waals surface area contributed by atoms with Gasteiger partial charge in [0.25, 0.3) is 0 Å². The molecule has 1 aromatic carbocycles. The monoisotopic (exact) mass is 553 g/mol. The van der Waals surface area contributed by atoms with E-state index in [0.717, 1.165) is 22.6 Å². The van der Waals surface area contributed by atoms with E-state index in [1.807, 2.05) is 43.1 Å². The van der Waals surface area contributed by atoms with Crippen molar-refractivity contribution in [2.24, 2.45) is 4.99 Å². The summed E-state index contributed by atoms with van der Waals surface area (Å²) >= 11 is 1.15. The number of aliphatic imine (C=N–C) groups is 1. The van der Waals surface area contributed by atoms with Gasteiger partial charge in [-0.15, -0.1) is 35.3 Å². The van der Waals surface area contributed by atoms with E-state index in [-0.39, 0.29) is 40.5 Å². The summed E-state index contributed by atoms with van der Waals surface area (Å²) in [5.41, 5.74) is 1.08. The number of hydrogen-bond acceptors (Lipinski definition) is 6. The lowest BCUT2D eigenvalue weighted by Crippen LogP contribution is -2.39. The molecule has 2 aromatic rings. The van der Waals surface area contributed by atoms with Crippen molar-refractivity contribution in [2.45, 2.75) is 23.8 Å². The lowest BCUT2D eigenvalue weighted by Gasteiger charge is -2.22. The Balaban J connectivity index is 0.00000420. The number of methoxy groups -OCH3 is 1. The summed E-state index contributed by atoms with van der Waals surface area (Å²) < 4.78 is 30.0. The zero-order valence-electron chi connectivity index (χ0n) is 16.7. The van der Waals surface area contributed by atoms with Gasteiger partial charge in [-0.25, -0.2) is 8.42 Å². The minimum atomic E-state index is -3.50. The van der Waals surface area contributed by atoms with Crippen LogP contribution < -0.4 is 10.1 Å². The largest absolute Gasteiger partial charge is 0.497 e. The first kappa shape index (κ1) is 25.7. The number of nitrogens with one attached hydrogen (secondary N) is 1. The number of guanidine groups is 1. The molecule has 0 amide bonds. The van der Waals surface area contributed by atoms with Crippen LogP contribution in [0.1, 0.15) is 12.5 Å². The normalized spacial score (nSPS) is 12.8. The van der Waals surface area contributed by atoms with Gasteiger partial charge in [0.05, 0.1) is 25.5 Å². The number of benzene rings is 1. The van der Waals surface area contributed by atoms with Crippen molar-refractivity contribution >= 4 is 51.1 Å². The maximum Gasteiger partial charge on any atom is 0.194 e. The first-order valence-electron chi connectivity index (χ1n) is 8.92. The van der Waals surface area contributed by atoms with E-state index in [1.54, 1.807) is 24.6 Å². The molecule has 0 saturated heterocycles. The Labute approximate surface area is 193 Å². The molecule has 7 nitrogen and oxygen atoms in total. The minimum absolute atomic E-state index is 0. The van der Waals surface area contributed by atoms with Gasteiger partial charge in [0.1, 0.15) is 9.96 Å². The van der Waals surface area contributed by atoms with Gasteiger partial charge < -0.3 is 20.1 Å². The van der Waals surface area contributed by atoms with Crippen molar-refractivity contribution in [1.82, 2.24) is 10.2 Å². The van der Waals surface area contributed by atoms with E-state index in [0.29, 0.717) is 19.0 Å². The molecular weight excluding hydrogens is 525 g/mol. The lowest BCUT2D eigenvalue weighted by atomic mass is 10.2. The smallest absolute Gasteiger partial charge is 0.194 e. The summed E-state index contributed by atoms with van der Waals surface area (Å²) in [5, 5.41) is 15.1. The standard InChI is InChI=1S/C19H27N3O4S2.HI/c1-4-20-19(22(2)13-15-7-9-17(26-3)10-8-15)21-12-16(23)14-28(24,25)18-6-5-11-27-18;/h5-11,16,23H,4,12-14H2,1-3H3,(H,20,21);1H. The number of aliphatic hydroxyl groups is 1.